The molecule has 0 saturated carbocycles. The molecule has 3 aromatic rings. The summed E-state index contributed by atoms with van der Waals surface area (Å²) in [6.07, 6.45) is 6.13. The van der Waals surface area contributed by atoms with Crippen molar-refractivity contribution in [2.75, 3.05) is 37.9 Å². The van der Waals surface area contributed by atoms with Crippen LogP contribution < -0.4 is 20.1 Å². The lowest BCUT2D eigenvalue weighted by molar-refractivity contribution is 0.356. The molecule has 2 aromatic heterocycles. The highest BCUT2D eigenvalue weighted by molar-refractivity contribution is 5.91. The Bertz CT molecular complexity index is 970. The van der Waals surface area contributed by atoms with Crippen LogP contribution >= 0.6 is 0 Å². The van der Waals surface area contributed by atoms with Crippen molar-refractivity contribution in [1.82, 2.24) is 19.7 Å². The molecule has 1 unspecified atom stereocenters. The summed E-state index contributed by atoms with van der Waals surface area (Å²) in [5.74, 6) is 2.92. The van der Waals surface area contributed by atoms with Crippen LogP contribution in [0.5, 0.6) is 11.5 Å². The van der Waals surface area contributed by atoms with Gasteiger partial charge in [-0.05, 0) is 30.4 Å². The predicted octanol–water partition coefficient (Wildman–Crippen LogP) is 2.03. The van der Waals surface area contributed by atoms with Crippen molar-refractivity contribution in [3.8, 4) is 11.5 Å². The number of aromatic nitrogens is 4. The molecule has 27 heavy (non-hydrogen) atoms. The predicted molar refractivity (Wildman–Crippen MR) is 104 cm³/mol. The molecule has 0 radical (unpaired) electrons. The Morgan fingerprint density at radius 2 is 1.96 bits per heavy atom. The number of methoxy groups -OCH3 is 2. The van der Waals surface area contributed by atoms with Crippen LogP contribution in [0, 0.1) is 5.92 Å². The van der Waals surface area contributed by atoms with Crippen molar-refractivity contribution < 1.29 is 9.47 Å². The van der Waals surface area contributed by atoms with Crippen molar-refractivity contribution >= 4 is 22.7 Å². The standard InChI is InChI=1S/C19H24N6O2/c1-24-10-13(9-21-24)6-12-4-5-25(11-12)19-22-15-8-17(27-3)16(26-2)7-14(15)18(20)23-19/h7-10,12H,4-6,11H2,1-3H3,(H2,20,22,23). The van der Waals surface area contributed by atoms with E-state index in [0.717, 1.165) is 36.8 Å². The van der Waals surface area contributed by atoms with Crippen LogP contribution in [0.4, 0.5) is 11.8 Å². The Labute approximate surface area is 157 Å². The lowest BCUT2D eigenvalue weighted by Crippen LogP contribution is -2.23. The van der Waals surface area contributed by atoms with Crippen molar-refractivity contribution in [3.63, 3.8) is 0 Å². The minimum atomic E-state index is 0.451. The van der Waals surface area contributed by atoms with Gasteiger partial charge in [0.15, 0.2) is 11.5 Å². The normalized spacial score (nSPS) is 16.9. The Hall–Kier alpha value is -3.03. The van der Waals surface area contributed by atoms with E-state index in [-0.39, 0.29) is 0 Å². The van der Waals surface area contributed by atoms with Gasteiger partial charge in [-0.1, -0.05) is 0 Å². The van der Waals surface area contributed by atoms with Crippen LogP contribution in [-0.2, 0) is 13.5 Å². The number of rotatable bonds is 5. The monoisotopic (exact) mass is 368 g/mol. The van der Waals surface area contributed by atoms with Crippen LogP contribution in [0.1, 0.15) is 12.0 Å². The first-order valence-corrected chi connectivity index (χ1v) is 8.99. The summed E-state index contributed by atoms with van der Waals surface area (Å²) in [6.45, 7) is 1.83. The zero-order chi connectivity index (χ0) is 19.0. The van der Waals surface area contributed by atoms with E-state index in [9.17, 15) is 0 Å². The lowest BCUT2D eigenvalue weighted by Gasteiger charge is -2.18. The molecule has 0 aliphatic carbocycles. The van der Waals surface area contributed by atoms with Crippen LogP contribution in [0.25, 0.3) is 10.9 Å². The van der Waals surface area contributed by atoms with E-state index in [4.69, 9.17) is 20.2 Å². The molecule has 1 atom stereocenters. The fraction of sp³-hybridized carbons (Fsp3) is 0.421. The van der Waals surface area contributed by atoms with Gasteiger partial charge >= 0.3 is 0 Å². The molecular formula is C19H24N6O2. The molecule has 1 aliphatic rings. The topological polar surface area (TPSA) is 91.3 Å². The maximum Gasteiger partial charge on any atom is 0.227 e. The fourth-order valence-electron chi connectivity index (χ4n) is 3.70. The molecule has 4 rings (SSSR count). The number of aryl methyl sites for hydroxylation is 1. The highest BCUT2D eigenvalue weighted by Gasteiger charge is 2.26. The molecule has 1 fully saturated rings. The number of benzene rings is 1. The number of ether oxygens (including phenoxy) is 2. The van der Waals surface area contributed by atoms with Crippen LogP contribution in [0.3, 0.4) is 0 Å². The second-order valence-corrected chi connectivity index (χ2v) is 6.96. The van der Waals surface area contributed by atoms with Crippen molar-refractivity contribution in [2.45, 2.75) is 12.8 Å². The van der Waals surface area contributed by atoms with Crippen LogP contribution in [-0.4, -0.2) is 47.1 Å². The van der Waals surface area contributed by atoms with Gasteiger partial charge in [0.25, 0.3) is 0 Å². The van der Waals surface area contributed by atoms with Crippen LogP contribution in [0.15, 0.2) is 24.5 Å². The lowest BCUT2D eigenvalue weighted by atomic mass is 10.0. The molecule has 1 aromatic carbocycles. The van der Waals surface area contributed by atoms with E-state index in [1.165, 1.54) is 5.56 Å². The maximum absolute atomic E-state index is 6.22. The smallest absolute Gasteiger partial charge is 0.227 e. The van der Waals surface area contributed by atoms with Gasteiger partial charge in [-0.15, -0.1) is 0 Å². The Morgan fingerprint density at radius 1 is 1.19 bits per heavy atom. The molecule has 0 spiro atoms. The number of nitrogens with zero attached hydrogens (tertiary/aromatic N) is 5. The quantitative estimate of drug-likeness (QED) is 0.737. The van der Waals surface area contributed by atoms with Gasteiger partial charge in [0.05, 0.1) is 25.9 Å². The van der Waals surface area contributed by atoms with Gasteiger partial charge in [0.2, 0.25) is 5.95 Å². The third-order valence-corrected chi connectivity index (χ3v) is 5.07. The summed E-state index contributed by atoms with van der Waals surface area (Å²) >= 11 is 0. The van der Waals surface area contributed by atoms with E-state index in [1.807, 2.05) is 30.1 Å². The fourth-order valence-corrected chi connectivity index (χ4v) is 3.70. The van der Waals surface area contributed by atoms with Crippen molar-refractivity contribution in [1.29, 1.82) is 0 Å². The highest BCUT2D eigenvalue weighted by Crippen LogP contribution is 2.34. The largest absolute Gasteiger partial charge is 0.493 e. The first-order valence-electron chi connectivity index (χ1n) is 8.99. The van der Waals surface area contributed by atoms with Gasteiger partial charge in [-0.3, -0.25) is 4.68 Å². The van der Waals surface area contributed by atoms with Gasteiger partial charge in [-0.2, -0.15) is 10.1 Å². The Kier molecular flexibility index (Phi) is 4.47. The first kappa shape index (κ1) is 17.4. The maximum atomic E-state index is 6.22. The van der Waals surface area contributed by atoms with E-state index in [2.05, 4.69) is 21.2 Å². The highest BCUT2D eigenvalue weighted by atomic mass is 16.5. The average Bonchev–Trinajstić information content (AvgIpc) is 3.30. The molecule has 142 valence electrons. The zero-order valence-electron chi connectivity index (χ0n) is 15.8. The Morgan fingerprint density at radius 3 is 2.67 bits per heavy atom. The molecule has 1 aliphatic heterocycles. The summed E-state index contributed by atoms with van der Waals surface area (Å²) in [5.41, 5.74) is 8.23. The van der Waals surface area contributed by atoms with Gasteiger partial charge in [-0.25, -0.2) is 4.98 Å². The van der Waals surface area contributed by atoms with Crippen LogP contribution in [0.2, 0.25) is 0 Å². The second-order valence-electron chi connectivity index (χ2n) is 6.96. The van der Waals surface area contributed by atoms with E-state index in [0.29, 0.717) is 29.2 Å². The van der Waals surface area contributed by atoms with E-state index >= 15 is 0 Å². The molecule has 8 nitrogen and oxygen atoms in total. The first-order chi connectivity index (χ1) is 13.1. The number of hydrogen-bond acceptors (Lipinski definition) is 7. The number of fused-ring (bicyclic) bond motifs is 1. The number of anilines is 2. The summed E-state index contributed by atoms with van der Waals surface area (Å²) in [7, 11) is 5.15. The van der Waals surface area contributed by atoms with Gasteiger partial charge < -0.3 is 20.1 Å². The summed E-state index contributed by atoms with van der Waals surface area (Å²) in [4.78, 5) is 11.5. The number of nitrogen functional groups attached to an aromatic ring is 1. The third-order valence-electron chi connectivity index (χ3n) is 5.07. The number of hydrogen-bond donors (Lipinski definition) is 1. The van der Waals surface area contributed by atoms with Gasteiger partial charge in [0, 0.05) is 37.8 Å². The third kappa shape index (κ3) is 3.34. The minimum Gasteiger partial charge on any atom is -0.493 e. The van der Waals surface area contributed by atoms with Crippen molar-refractivity contribution in [2.24, 2.45) is 13.0 Å². The molecule has 0 bridgehead atoms. The molecule has 8 heteroatoms. The molecule has 3 heterocycles. The van der Waals surface area contributed by atoms with Crippen molar-refractivity contribution in [3.05, 3.63) is 30.1 Å². The number of nitrogens with two attached hydrogens (primary N) is 1. The van der Waals surface area contributed by atoms with E-state index < -0.39 is 0 Å². The minimum absolute atomic E-state index is 0.451. The summed E-state index contributed by atoms with van der Waals surface area (Å²) in [6, 6.07) is 3.67. The molecule has 2 N–H and O–H groups in total. The second kappa shape index (κ2) is 6.94. The summed E-state index contributed by atoms with van der Waals surface area (Å²) in [5, 5.41) is 5.02. The SMILES string of the molecule is COc1cc2nc(N3CCC(Cc4cnn(C)c4)C3)nc(N)c2cc1OC. The molecule has 1 saturated heterocycles. The van der Waals surface area contributed by atoms with E-state index in [1.54, 1.807) is 14.2 Å². The molecule has 0 amide bonds. The average molecular weight is 368 g/mol. The molecular weight excluding hydrogens is 344 g/mol. The van der Waals surface area contributed by atoms with Gasteiger partial charge in [0.1, 0.15) is 5.82 Å². The Balaban J connectivity index is 1.58. The summed E-state index contributed by atoms with van der Waals surface area (Å²) < 4.78 is 12.6. The zero-order valence-corrected chi connectivity index (χ0v) is 15.8.